The smallest absolute Gasteiger partial charge is 0.344 e. The van der Waals surface area contributed by atoms with Crippen molar-refractivity contribution in [1.82, 2.24) is 9.66 Å². The highest BCUT2D eigenvalue weighted by molar-refractivity contribution is 9.13. The zero-order chi connectivity index (χ0) is 25.4. The van der Waals surface area contributed by atoms with Gasteiger partial charge in [-0.3, -0.25) is 4.79 Å². The minimum absolute atomic E-state index is 0.228. The van der Waals surface area contributed by atoms with Crippen molar-refractivity contribution in [2.75, 3.05) is 7.11 Å². The molecule has 0 radical (unpaired) electrons. The van der Waals surface area contributed by atoms with Crippen molar-refractivity contribution in [3.05, 3.63) is 59.4 Å². The average Bonchev–Trinajstić information content (AvgIpc) is 2.76. The monoisotopic (exact) mass is 657 g/mol. The molecular weight excluding hydrogens is 638 g/mol. The molecule has 0 aliphatic carbocycles. The summed E-state index contributed by atoms with van der Waals surface area (Å²) < 4.78 is 14.0. The van der Waals surface area contributed by atoms with Crippen LogP contribution in [0.25, 0.3) is 10.9 Å². The van der Waals surface area contributed by atoms with Gasteiger partial charge in [0.15, 0.2) is 17.6 Å². The molecule has 1 atom stereocenters. The third-order valence-corrected chi connectivity index (χ3v) is 7.45. The lowest BCUT2D eigenvalue weighted by Crippen LogP contribution is -2.29. The van der Waals surface area contributed by atoms with Gasteiger partial charge in [0.25, 0.3) is 5.56 Å². The summed E-state index contributed by atoms with van der Waals surface area (Å²) >= 11 is 10.3. The highest BCUT2D eigenvalue weighted by Crippen LogP contribution is 2.42. The predicted molar refractivity (Wildman–Crippen MR) is 142 cm³/mol. The number of benzene rings is 2. The number of hydrogen-bond acceptors (Lipinski definition) is 6. The van der Waals surface area contributed by atoms with Crippen LogP contribution in [0.5, 0.6) is 11.5 Å². The molecule has 0 spiro atoms. The molecule has 8 nitrogen and oxygen atoms in total. The maximum atomic E-state index is 13.4. The third-order valence-electron chi connectivity index (χ3n) is 4.81. The fraction of sp³-hybridized carbons (Fsp3) is 0.304. The van der Waals surface area contributed by atoms with E-state index in [4.69, 9.17) is 14.5 Å². The summed E-state index contributed by atoms with van der Waals surface area (Å²) in [4.78, 5) is 29.3. The second kappa shape index (κ2) is 10.2. The van der Waals surface area contributed by atoms with Crippen molar-refractivity contribution >= 4 is 70.9 Å². The third kappa shape index (κ3) is 5.36. The number of ether oxygens (including phenoxy) is 2. The molecular formula is C23H22Br3N3O5. The summed E-state index contributed by atoms with van der Waals surface area (Å²) in [7, 11) is 1.45. The molecule has 0 aliphatic rings. The summed E-state index contributed by atoms with van der Waals surface area (Å²) in [5.74, 6) is -0.0824. The molecule has 0 aliphatic heterocycles. The molecule has 180 valence electrons. The molecule has 0 unspecified atom stereocenters. The first-order valence-corrected chi connectivity index (χ1v) is 12.5. The van der Waals surface area contributed by atoms with E-state index in [1.54, 1.807) is 18.2 Å². The predicted octanol–water partition coefficient (Wildman–Crippen LogP) is 5.72. The number of aliphatic carboxylic acids is 1. The Morgan fingerprint density at radius 2 is 1.88 bits per heavy atom. The Morgan fingerprint density at radius 1 is 1.21 bits per heavy atom. The van der Waals surface area contributed by atoms with Gasteiger partial charge in [-0.1, -0.05) is 36.7 Å². The van der Waals surface area contributed by atoms with Crippen molar-refractivity contribution in [1.29, 1.82) is 0 Å². The molecule has 1 aromatic heterocycles. The Morgan fingerprint density at radius 3 is 2.47 bits per heavy atom. The highest BCUT2D eigenvalue weighted by atomic mass is 79.9. The van der Waals surface area contributed by atoms with E-state index in [0.29, 0.717) is 37.0 Å². The van der Waals surface area contributed by atoms with Crippen LogP contribution >= 0.6 is 47.8 Å². The number of halogens is 3. The van der Waals surface area contributed by atoms with Crippen LogP contribution in [0.3, 0.4) is 0 Å². The van der Waals surface area contributed by atoms with Gasteiger partial charge in [0.2, 0.25) is 0 Å². The van der Waals surface area contributed by atoms with Crippen LogP contribution in [0.1, 0.15) is 39.1 Å². The molecule has 0 saturated heterocycles. The number of fused-ring (bicyclic) bond motifs is 1. The number of carbonyl (C=O) groups is 1. The van der Waals surface area contributed by atoms with E-state index in [0.717, 1.165) is 4.47 Å². The first-order chi connectivity index (χ1) is 15.8. The first kappa shape index (κ1) is 26.4. The molecule has 3 aromatic rings. The molecule has 0 fully saturated rings. The lowest BCUT2D eigenvalue weighted by Gasteiger charge is -2.21. The van der Waals surface area contributed by atoms with Crippen molar-refractivity contribution < 1.29 is 19.4 Å². The van der Waals surface area contributed by atoms with E-state index in [2.05, 4.69) is 52.9 Å². The van der Waals surface area contributed by atoms with Gasteiger partial charge < -0.3 is 14.6 Å². The summed E-state index contributed by atoms with van der Waals surface area (Å²) in [6, 6.07) is 6.98. The fourth-order valence-corrected chi connectivity index (χ4v) is 4.32. The van der Waals surface area contributed by atoms with Gasteiger partial charge in [0, 0.05) is 19.9 Å². The second-order valence-electron chi connectivity index (χ2n) is 8.43. The second-order valence-corrected chi connectivity index (χ2v) is 10.9. The summed E-state index contributed by atoms with van der Waals surface area (Å²) in [5.41, 5.74) is 0.395. The molecule has 11 heteroatoms. The van der Waals surface area contributed by atoms with Crippen molar-refractivity contribution in [2.45, 2.75) is 39.2 Å². The van der Waals surface area contributed by atoms with Gasteiger partial charge in [-0.2, -0.15) is 9.78 Å². The standard InChI is InChI=1S/C23H22Br3N3O5/c1-11(21(31)32)34-19-16(33-5)8-12(17(25)18(19)26)10-27-29-20(30)14-9-13(24)6-7-15(14)28-22(29)23(2,3)4/h6-11H,1-5H3,(H,31,32)/t11-/m1/s1. The number of methoxy groups -OCH3 is 1. The van der Waals surface area contributed by atoms with E-state index in [1.807, 2.05) is 26.8 Å². The normalized spacial score (nSPS) is 12.8. The quantitative estimate of drug-likeness (QED) is 0.340. The molecule has 3 rings (SSSR count). The van der Waals surface area contributed by atoms with Crippen LogP contribution in [0, 0.1) is 0 Å². The number of hydrogen-bond donors (Lipinski definition) is 1. The number of carboxylic acid groups (broad SMARTS) is 1. The van der Waals surface area contributed by atoms with Crippen LogP contribution in [0.4, 0.5) is 0 Å². The minimum Gasteiger partial charge on any atom is -0.493 e. The van der Waals surface area contributed by atoms with Crippen molar-refractivity contribution in [3.63, 3.8) is 0 Å². The summed E-state index contributed by atoms with van der Waals surface area (Å²) in [6.07, 6.45) is 0.414. The van der Waals surface area contributed by atoms with Crippen molar-refractivity contribution in [2.24, 2.45) is 5.10 Å². The van der Waals surface area contributed by atoms with Gasteiger partial charge in [-0.15, -0.1) is 0 Å². The van der Waals surface area contributed by atoms with Crippen LogP contribution in [0.15, 0.2) is 47.6 Å². The number of rotatable bonds is 6. The molecule has 0 amide bonds. The van der Waals surface area contributed by atoms with Gasteiger partial charge in [0.05, 0.1) is 28.7 Å². The van der Waals surface area contributed by atoms with E-state index in [1.165, 1.54) is 24.9 Å². The minimum atomic E-state index is -1.11. The van der Waals surface area contributed by atoms with E-state index in [-0.39, 0.29) is 11.3 Å². The zero-order valence-corrected chi connectivity index (χ0v) is 23.8. The largest absolute Gasteiger partial charge is 0.493 e. The Hall–Kier alpha value is -2.24. The Balaban J connectivity index is 2.18. The molecule has 1 heterocycles. The van der Waals surface area contributed by atoms with Crippen LogP contribution in [-0.4, -0.2) is 40.2 Å². The topological polar surface area (TPSA) is 103 Å². The molecule has 2 aromatic carbocycles. The summed E-state index contributed by atoms with van der Waals surface area (Å²) in [5, 5.41) is 14.1. The SMILES string of the molecule is COc1cc(C=Nn2c(C(C)(C)C)nc3ccc(Br)cc3c2=O)c(Br)c(Br)c1O[C@H](C)C(=O)O. The van der Waals surface area contributed by atoms with Gasteiger partial charge in [-0.25, -0.2) is 9.78 Å². The number of carboxylic acids is 1. The van der Waals surface area contributed by atoms with Gasteiger partial charge in [-0.05, 0) is 63.0 Å². The zero-order valence-electron chi connectivity index (χ0n) is 19.0. The van der Waals surface area contributed by atoms with E-state index >= 15 is 0 Å². The molecule has 0 saturated carbocycles. The Labute approximate surface area is 221 Å². The van der Waals surface area contributed by atoms with E-state index in [9.17, 15) is 14.7 Å². The lowest BCUT2D eigenvalue weighted by atomic mass is 9.95. The van der Waals surface area contributed by atoms with Gasteiger partial charge >= 0.3 is 5.97 Å². The first-order valence-electron chi connectivity index (χ1n) is 10.1. The fourth-order valence-electron chi connectivity index (χ4n) is 3.05. The molecule has 0 bridgehead atoms. The Kier molecular flexibility index (Phi) is 7.89. The molecule has 34 heavy (non-hydrogen) atoms. The summed E-state index contributed by atoms with van der Waals surface area (Å²) in [6.45, 7) is 7.29. The average molecular weight is 660 g/mol. The van der Waals surface area contributed by atoms with Crippen LogP contribution in [-0.2, 0) is 10.2 Å². The van der Waals surface area contributed by atoms with E-state index < -0.39 is 17.5 Å². The number of nitrogens with zero attached hydrogens (tertiary/aromatic N) is 3. The van der Waals surface area contributed by atoms with Crippen LogP contribution < -0.4 is 15.0 Å². The van der Waals surface area contributed by atoms with Gasteiger partial charge in [0.1, 0.15) is 5.82 Å². The highest BCUT2D eigenvalue weighted by Gasteiger charge is 2.24. The Bertz CT molecular complexity index is 1360. The lowest BCUT2D eigenvalue weighted by molar-refractivity contribution is -0.144. The number of aromatic nitrogens is 2. The van der Waals surface area contributed by atoms with Crippen molar-refractivity contribution in [3.8, 4) is 11.5 Å². The maximum Gasteiger partial charge on any atom is 0.344 e. The maximum absolute atomic E-state index is 13.4. The molecule has 1 N–H and O–H groups in total. The van der Waals surface area contributed by atoms with Crippen LogP contribution in [0.2, 0.25) is 0 Å².